The minimum Gasteiger partial charge on any atom is -0.455 e. The van der Waals surface area contributed by atoms with Gasteiger partial charge in [0, 0.05) is 0 Å². The van der Waals surface area contributed by atoms with Gasteiger partial charge in [0.15, 0.2) is 22.7 Å². The Morgan fingerprint density at radius 3 is 2.19 bits per heavy atom. The van der Waals surface area contributed by atoms with Gasteiger partial charge in [-0.1, -0.05) is 71.9 Å². The summed E-state index contributed by atoms with van der Waals surface area (Å²) in [4.78, 5) is 18.5. The fraction of sp³-hybridized carbons (Fsp3) is 0.679. The molecule has 0 saturated carbocycles. The Morgan fingerprint density at radius 2 is 1.62 bits per heavy atom. The molecule has 1 aromatic carbocycles. The SMILES string of the molecule is CC(C)(C)[Si](C)(C)OCC1(O)C=C2[C@H](NOCc3ccccc3)CC(=O)O[C@@H]2[C@@H]1O[Si](C)(C)C(C)(C)C. The van der Waals surface area contributed by atoms with Gasteiger partial charge in [-0.3, -0.25) is 9.63 Å². The number of benzene rings is 1. The maximum absolute atomic E-state index is 12.7. The van der Waals surface area contributed by atoms with Crippen molar-refractivity contribution in [2.75, 3.05) is 6.61 Å². The topological polar surface area (TPSA) is 86.2 Å². The van der Waals surface area contributed by atoms with Gasteiger partial charge in [0.25, 0.3) is 0 Å². The second-order valence-corrected chi connectivity index (χ2v) is 23.1. The monoisotopic (exact) mass is 549 g/mol. The highest BCUT2D eigenvalue weighted by atomic mass is 28.4. The second kappa shape index (κ2) is 10.7. The Morgan fingerprint density at radius 1 is 1.03 bits per heavy atom. The van der Waals surface area contributed by atoms with Gasteiger partial charge in [-0.25, -0.2) is 0 Å². The van der Waals surface area contributed by atoms with Crippen LogP contribution in [0.25, 0.3) is 0 Å². The van der Waals surface area contributed by atoms with Crippen molar-refractivity contribution in [1.29, 1.82) is 0 Å². The molecule has 9 heteroatoms. The van der Waals surface area contributed by atoms with Crippen LogP contribution in [0.5, 0.6) is 0 Å². The number of hydrogen-bond acceptors (Lipinski definition) is 7. The molecule has 37 heavy (non-hydrogen) atoms. The zero-order valence-electron chi connectivity index (χ0n) is 24.3. The summed E-state index contributed by atoms with van der Waals surface area (Å²) in [5.41, 5.74) is 3.42. The van der Waals surface area contributed by atoms with E-state index in [-0.39, 0.29) is 29.1 Å². The van der Waals surface area contributed by atoms with Crippen LogP contribution in [0.2, 0.25) is 36.3 Å². The predicted octanol–water partition coefficient (Wildman–Crippen LogP) is 5.48. The molecule has 1 aliphatic heterocycles. The van der Waals surface area contributed by atoms with Crippen molar-refractivity contribution in [2.45, 2.75) is 115 Å². The molecule has 1 aliphatic carbocycles. The molecule has 1 heterocycles. The van der Waals surface area contributed by atoms with Crippen molar-refractivity contribution in [3.05, 3.63) is 47.5 Å². The fourth-order valence-electron chi connectivity index (χ4n) is 4.00. The van der Waals surface area contributed by atoms with Crippen molar-refractivity contribution in [1.82, 2.24) is 5.48 Å². The van der Waals surface area contributed by atoms with E-state index in [2.05, 4.69) is 73.2 Å². The second-order valence-electron chi connectivity index (χ2n) is 13.5. The standard InChI is InChI=1S/C28H47NO6Si2/c1-26(2,3)36(7,8)33-19-28(31)17-21-22(29-32-18-20-14-12-11-13-15-20)16-23(30)34-24(21)25(28)35-37(9,10)27(4,5)6/h11-15,17,22,24-25,29,31H,16,18-19H2,1-10H3/t22-,24+,25+,28?/m1/s1. The molecule has 0 spiro atoms. The molecule has 1 saturated heterocycles. The van der Waals surface area contributed by atoms with Gasteiger partial charge in [0.05, 0.1) is 25.7 Å². The van der Waals surface area contributed by atoms with E-state index in [0.29, 0.717) is 6.61 Å². The molecule has 0 aromatic heterocycles. The summed E-state index contributed by atoms with van der Waals surface area (Å²) in [6, 6.07) is 9.40. The number of nitrogens with one attached hydrogen (secondary N) is 1. The Bertz CT molecular complexity index is 983. The molecule has 1 aromatic rings. The first-order valence-corrected chi connectivity index (χ1v) is 19.1. The van der Waals surface area contributed by atoms with Crippen LogP contribution in [0, 0.1) is 0 Å². The zero-order valence-corrected chi connectivity index (χ0v) is 26.3. The molecule has 1 fully saturated rings. The number of rotatable bonds is 9. The van der Waals surface area contributed by atoms with Crippen LogP contribution in [0.15, 0.2) is 42.0 Å². The van der Waals surface area contributed by atoms with Crippen molar-refractivity contribution in [3.8, 4) is 0 Å². The molecule has 0 bridgehead atoms. The summed E-state index contributed by atoms with van der Waals surface area (Å²) in [5.74, 6) is -0.346. The summed E-state index contributed by atoms with van der Waals surface area (Å²) in [6.07, 6.45) is 0.457. The molecule has 0 radical (unpaired) electrons. The Balaban J connectivity index is 1.89. The minimum absolute atomic E-state index is 0.0144. The number of carbonyl (C=O) groups excluding carboxylic acids is 1. The third-order valence-electron chi connectivity index (χ3n) is 8.55. The molecule has 1 unspecified atom stereocenters. The van der Waals surface area contributed by atoms with Gasteiger partial charge in [-0.05, 0) is 53.5 Å². The number of hydroxylamine groups is 1. The van der Waals surface area contributed by atoms with Crippen molar-refractivity contribution < 1.29 is 28.3 Å². The highest BCUT2D eigenvalue weighted by Crippen LogP contribution is 2.46. The summed E-state index contributed by atoms with van der Waals surface area (Å²) in [5, 5.41) is 12.0. The number of fused-ring (bicyclic) bond motifs is 1. The van der Waals surface area contributed by atoms with Crippen LogP contribution in [0.1, 0.15) is 53.5 Å². The van der Waals surface area contributed by atoms with Crippen molar-refractivity contribution in [2.24, 2.45) is 0 Å². The third-order valence-corrected chi connectivity index (χ3v) is 17.5. The van der Waals surface area contributed by atoms with Crippen molar-refractivity contribution >= 4 is 22.6 Å². The molecule has 2 N–H and O–H groups in total. The summed E-state index contributed by atoms with van der Waals surface area (Å²) in [7, 11) is -4.50. The zero-order chi connectivity index (χ0) is 27.9. The average Bonchev–Trinajstić information content (AvgIpc) is 3.03. The van der Waals surface area contributed by atoms with E-state index in [0.717, 1.165) is 11.1 Å². The van der Waals surface area contributed by atoms with Gasteiger partial charge < -0.3 is 18.7 Å². The maximum atomic E-state index is 12.7. The lowest BCUT2D eigenvalue weighted by molar-refractivity contribution is -0.164. The minimum atomic E-state index is -2.34. The first kappa shape index (κ1) is 30.2. The molecule has 7 nitrogen and oxygen atoms in total. The Labute approximate surface area is 225 Å². The van der Waals surface area contributed by atoms with Crippen LogP contribution < -0.4 is 5.48 Å². The maximum Gasteiger partial charge on any atom is 0.308 e. The van der Waals surface area contributed by atoms with Gasteiger partial charge in [0.1, 0.15) is 11.7 Å². The molecule has 4 atom stereocenters. The van der Waals surface area contributed by atoms with E-state index < -0.39 is 40.5 Å². The summed E-state index contributed by atoms with van der Waals surface area (Å²) < 4.78 is 19.2. The van der Waals surface area contributed by atoms with Crippen LogP contribution in [0.4, 0.5) is 0 Å². The first-order valence-electron chi connectivity index (χ1n) is 13.2. The van der Waals surface area contributed by atoms with E-state index in [1.54, 1.807) is 6.08 Å². The van der Waals surface area contributed by atoms with Gasteiger partial charge in [-0.2, -0.15) is 5.48 Å². The van der Waals surface area contributed by atoms with Crippen LogP contribution >= 0.6 is 0 Å². The fourth-order valence-corrected chi connectivity index (χ4v) is 6.34. The predicted molar refractivity (Wildman–Crippen MR) is 151 cm³/mol. The third kappa shape index (κ3) is 6.82. The molecule has 3 rings (SSSR count). The lowest BCUT2D eigenvalue weighted by Gasteiger charge is -2.45. The van der Waals surface area contributed by atoms with Gasteiger partial charge in [-0.15, -0.1) is 0 Å². The van der Waals surface area contributed by atoms with E-state index in [1.807, 2.05) is 30.3 Å². The van der Waals surface area contributed by atoms with Crippen molar-refractivity contribution in [3.63, 3.8) is 0 Å². The molecular formula is C28H47NO6Si2. The molecular weight excluding hydrogens is 502 g/mol. The number of aliphatic hydroxyl groups is 1. The first-order chi connectivity index (χ1) is 16.9. The lowest BCUT2D eigenvalue weighted by Crippen LogP contribution is -2.58. The number of ether oxygens (including phenoxy) is 1. The molecule has 208 valence electrons. The lowest BCUT2D eigenvalue weighted by atomic mass is 9.97. The highest BCUT2D eigenvalue weighted by molar-refractivity contribution is 6.74. The van der Waals surface area contributed by atoms with E-state index >= 15 is 0 Å². The largest absolute Gasteiger partial charge is 0.455 e. The number of esters is 1. The smallest absolute Gasteiger partial charge is 0.308 e. The summed E-state index contributed by atoms with van der Waals surface area (Å²) >= 11 is 0. The number of hydrogen-bond donors (Lipinski definition) is 2. The van der Waals surface area contributed by atoms with E-state index in [4.69, 9.17) is 18.4 Å². The average molecular weight is 550 g/mol. The Hall–Kier alpha value is -1.34. The molecule has 0 amide bonds. The van der Waals surface area contributed by atoms with Crippen LogP contribution in [-0.2, 0) is 29.8 Å². The Kier molecular flexibility index (Phi) is 8.72. The quantitative estimate of drug-likeness (QED) is 0.183. The molecule has 2 aliphatic rings. The number of carbonyl (C=O) groups is 1. The van der Waals surface area contributed by atoms with E-state index in [9.17, 15) is 9.90 Å². The highest BCUT2D eigenvalue weighted by Gasteiger charge is 2.57. The normalized spacial score (nSPS) is 27.1. The summed E-state index contributed by atoms with van der Waals surface area (Å²) in [6.45, 7) is 22.0. The van der Waals surface area contributed by atoms with Crippen LogP contribution in [-0.4, -0.2) is 58.2 Å². The van der Waals surface area contributed by atoms with Gasteiger partial charge in [0.2, 0.25) is 0 Å². The van der Waals surface area contributed by atoms with Gasteiger partial charge >= 0.3 is 5.97 Å². The van der Waals surface area contributed by atoms with E-state index in [1.165, 1.54) is 0 Å². The van der Waals surface area contributed by atoms with Crippen LogP contribution in [0.3, 0.4) is 0 Å².